The highest BCUT2D eigenvalue weighted by Gasteiger charge is 2.42. The predicted molar refractivity (Wildman–Crippen MR) is 134 cm³/mol. The van der Waals surface area contributed by atoms with E-state index < -0.39 is 11.4 Å². The highest BCUT2D eigenvalue weighted by atomic mass is 16.5. The lowest BCUT2D eigenvalue weighted by molar-refractivity contribution is -0.173. The van der Waals surface area contributed by atoms with Crippen molar-refractivity contribution in [2.24, 2.45) is 5.41 Å². The van der Waals surface area contributed by atoms with Crippen molar-refractivity contribution in [2.75, 3.05) is 20.7 Å². The number of carboxylic acid groups (broad SMARTS) is 1. The van der Waals surface area contributed by atoms with Crippen molar-refractivity contribution in [2.45, 2.75) is 143 Å². The quantitative estimate of drug-likeness (QED) is 0.129. The zero-order chi connectivity index (χ0) is 23.4. The van der Waals surface area contributed by atoms with Gasteiger partial charge in [-0.25, -0.2) is 0 Å². The minimum atomic E-state index is -0.854. The molecular formula is C27H55NO3. The summed E-state index contributed by atoms with van der Waals surface area (Å²) in [6, 6.07) is 0. The molecule has 0 rings (SSSR count). The van der Waals surface area contributed by atoms with E-state index in [1.165, 1.54) is 96.3 Å². The molecule has 0 amide bonds. The van der Waals surface area contributed by atoms with Crippen LogP contribution in [0.5, 0.6) is 0 Å². The molecule has 186 valence electrons. The molecule has 2 unspecified atom stereocenters. The van der Waals surface area contributed by atoms with Crippen LogP contribution in [0.2, 0.25) is 0 Å². The van der Waals surface area contributed by atoms with Crippen molar-refractivity contribution in [1.82, 2.24) is 4.90 Å². The smallest absolute Gasteiger partial charge is 0.313 e. The van der Waals surface area contributed by atoms with Crippen LogP contribution in [0.3, 0.4) is 0 Å². The number of hydrogen-bond acceptors (Lipinski definition) is 3. The Morgan fingerprint density at radius 1 is 0.742 bits per heavy atom. The van der Waals surface area contributed by atoms with Crippen molar-refractivity contribution in [1.29, 1.82) is 0 Å². The van der Waals surface area contributed by atoms with Gasteiger partial charge in [-0.2, -0.15) is 0 Å². The second kappa shape index (κ2) is 20.0. The van der Waals surface area contributed by atoms with Gasteiger partial charge in [0.2, 0.25) is 0 Å². The molecule has 0 aliphatic carbocycles. The van der Waals surface area contributed by atoms with Gasteiger partial charge >= 0.3 is 5.97 Å². The number of carbonyl (C=O) groups is 1. The molecule has 31 heavy (non-hydrogen) atoms. The second-order valence-corrected chi connectivity index (χ2v) is 9.96. The van der Waals surface area contributed by atoms with Gasteiger partial charge in [0.1, 0.15) is 11.6 Å². The maximum absolute atomic E-state index is 11.8. The number of aliphatic carboxylic acids is 1. The van der Waals surface area contributed by atoms with Crippen molar-refractivity contribution in [3.8, 4) is 0 Å². The Morgan fingerprint density at radius 3 is 1.45 bits per heavy atom. The minimum absolute atomic E-state index is 0.374. The maximum atomic E-state index is 11.8. The summed E-state index contributed by atoms with van der Waals surface area (Å²) in [7, 11) is 3.82. The molecule has 0 aliphatic heterocycles. The van der Waals surface area contributed by atoms with Gasteiger partial charge in [0.25, 0.3) is 0 Å². The summed E-state index contributed by atoms with van der Waals surface area (Å²) in [5, 5.41) is 9.72. The minimum Gasteiger partial charge on any atom is -0.481 e. The van der Waals surface area contributed by atoms with E-state index in [4.69, 9.17) is 4.74 Å². The van der Waals surface area contributed by atoms with Crippen molar-refractivity contribution in [3.63, 3.8) is 0 Å². The molecule has 4 heteroatoms. The van der Waals surface area contributed by atoms with Crippen LogP contribution < -0.4 is 0 Å². The van der Waals surface area contributed by atoms with Gasteiger partial charge < -0.3 is 9.84 Å². The summed E-state index contributed by atoms with van der Waals surface area (Å²) in [4.78, 5) is 13.7. The molecule has 0 radical (unpaired) electrons. The van der Waals surface area contributed by atoms with Crippen LogP contribution in [0.25, 0.3) is 0 Å². The Balaban J connectivity index is 3.64. The monoisotopic (exact) mass is 441 g/mol. The lowest BCUT2D eigenvalue weighted by atomic mass is 9.83. The Bertz CT molecular complexity index is 413. The first kappa shape index (κ1) is 30.4. The number of rotatable bonds is 23. The Kier molecular flexibility index (Phi) is 19.6. The molecule has 0 spiro atoms. The van der Waals surface area contributed by atoms with Crippen LogP contribution in [-0.4, -0.2) is 42.9 Å². The van der Waals surface area contributed by atoms with E-state index in [9.17, 15) is 9.90 Å². The topological polar surface area (TPSA) is 49.8 Å². The first-order valence-electron chi connectivity index (χ1n) is 13.4. The molecule has 0 aromatic heterocycles. The third-order valence-corrected chi connectivity index (χ3v) is 6.55. The van der Waals surface area contributed by atoms with Gasteiger partial charge in [0, 0.05) is 6.61 Å². The number of unbranched alkanes of at least 4 members (excludes halogenated alkanes) is 15. The van der Waals surface area contributed by atoms with Gasteiger partial charge in [0.05, 0.1) is 0 Å². The fourth-order valence-corrected chi connectivity index (χ4v) is 4.60. The summed E-state index contributed by atoms with van der Waals surface area (Å²) in [5.74, 6) is -0.764. The predicted octanol–water partition coefficient (Wildman–Crippen LogP) is 8.04. The molecule has 0 bridgehead atoms. The summed E-state index contributed by atoms with van der Waals surface area (Å²) in [6.45, 7) is 6.77. The molecule has 0 saturated heterocycles. The lowest BCUT2D eigenvalue weighted by Crippen LogP contribution is -2.49. The number of carboxylic acids is 1. The molecule has 1 N–H and O–H groups in total. The SMILES string of the molecule is CCCCCCCCCCCCCCCCCCOC(N(C)C)C(C)(CCC)C(=O)O. The van der Waals surface area contributed by atoms with Crippen LogP contribution >= 0.6 is 0 Å². The first-order chi connectivity index (χ1) is 14.9. The number of hydrogen-bond donors (Lipinski definition) is 1. The lowest BCUT2D eigenvalue weighted by Gasteiger charge is -2.37. The number of nitrogens with zero attached hydrogens (tertiary/aromatic N) is 1. The normalized spacial score (nSPS) is 14.6. The summed E-state index contributed by atoms with van der Waals surface area (Å²) in [5.41, 5.74) is -0.854. The van der Waals surface area contributed by atoms with Crippen molar-refractivity contribution in [3.05, 3.63) is 0 Å². The van der Waals surface area contributed by atoms with E-state index in [-0.39, 0.29) is 6.23 Å². The van der Waals surface area contributed by atoms with E-state index in [2.05, 4.69) is 6.92 Å². The largest absolute Gasteiger partial charge is 0.481 e. The summed E-state index contributed by atoms with van der Waals surface area (Å²) >= 11 is 0. The van der Waals surface area contributed by atoms with Gasteiger partial charge in [0.15, 0.2) is 0 Å². The van der Waals surface area contributed by atoms with Gasteiger partial charge in [-0.15, -0.1) is 0 Å². The maximum Gasteiger partial charge on any atom is 0.313 e. The van der Waals surface area contributed by atoms with Crippen LogP contribution in [0.4, 0.5) is 0 Å². The van der Waals surface area contributed by atoms with Gasteiger partial charge in [-0.3, -0.25) is 9.69 Å². The van der Waals surface area contributed by atoms with E-state index in [1.807, 2.05) is 32.8 Å². The van der Waals surface area contributed by atoms with Crippen molar-refractivity contribution < 1.29 is 14.6 Å². The van der Waals surface area contributed by atoms with Gasteiger partial charge in [-0.1, -0.05) is 117 Å². The Labute approximate surface area is 194 Å². The molecule has 0 aromatic rings. The third kappa shape index (κ3) is 15.0. The zero-order valence-corrected chi connectivity index (χ0v) is 21.7. The van der Waals surface area contributed by atoms with Gasteiger partial charge in [-0.05, 0) is 33.9 Å². The zero-order valence-electron chi connectivity index (χ0n) is 21.7. The van der Waals surface area contributed by atoms with Crippen LogP contribution in [-0.2, 0) is 9.53 Å². The molecule has 2 atom stereocenters. The van der Waals surface area contributed by atoms with Crippen LogP contribution in [0.15, 0.2) is 0 Å². The van der Waals surface area contributed by atoms with E-state index in [1.54, 1.807) is 0 Å². The number of ether oxygens (including phenoxy) is 1. The standard InChI is InChI=1S/C27H55NO3/c1-6-8-9-10-11-12-13-14-15-16-17-18-19-20-21-22-24-31-25(28(4)5)27(3,23-7-2)26(29)30/h25H,6-24H2,1-5H3,(H,29,30). The molecule has 0 aromatic carbocycles. The average molecular weight is 442 g/mol. The molecule has 4 nitrogen and oxygen atoms in total. The van der Waals surface area contributed by atoms with E-state index in [0.29, 0.717) is 13.0 Å². The molecule has 0 aliphatic rings. The van der Waals surface area contributed by atoms with Crippen molar-refractivity contribution >= 4 is 5.97 Å². The molecular weight excluding hydrogens is 386 g/mol. The fourth-order valence-electron chi connectivity index (χ4n) is 4.60. The first-order valence-corrected chi connectivity index (χ1v) is 13.4. The fraction of sp³-hybridized carbons (Fsp3) is 0.963. The highest BCUT2D eigenvalue weighted by molar-refractivity contribution is 5.74. The third-order valence-electron chi connectivity index (χ3n) is 6.55. The average Bonchev–Trinajstić information content (AvgIpc) is 2.72. The van der Waals surface area contributed by atoms with Crippen LogP contribution in [0, 0.1) is 5.41 Å². The Hall–Kier alpha value is -0.610. The van der Waals surface area contributed by atoms with Crippen LogP contribution in [0.1, 0.15) is 136 Å². The summed E-state index contributed by atoms with van der Waals surface area (Å²) < 4.78 is 6.05. The van der Waals surface area contributed by atoms with E-state index in [0.717, 1.165) is 12.8 Å². The Morgan fingerprint density at radius 2 is 1.13 bits per heavy atom. The molecule has 0 fully saturated rings. The molecule has 0 saturated carbocycles. The highest BCUT2D eigenvalue weighted by Crippen LogP contribution is 2.31. The van der Waals surface area contributed by atoms with E-state index >= 15 is 0 Å². The second-order valence-electron chi connectivity index (χ2n) is 9.96. The summed E-state index contributed by atoms with van der Waals surface area (Å²) in [6.07, 6.45) is 22.8. The molecule has 0 heterocycles.